The second kappa shape index (κ2) is 5.53. The summed E-state index contributed by atoms with van der Waals surface area (Å²) < 4.78 is 3.36. The van der Waals surface area contributed by atoms with Gasteiger partial charge >= 0.3 is 0 Å². The molecule has 0 fully saturated rings. The molecule has 3 rings (SSSR count). The minimum Gasteiger partial charge on any atom is -0.399 e. The van der Waals surface area contributed by atoms with E-state index in [9.17, 15) is 0 Å². The Morgan fingerprint density at radius 2 is 1.86 bits per heavy atom. The molecule has 4 heteroatoms. The van der Waals surface area contributed by atoms with Crippen LogP contribution in [-0.2, 0) is 6.42 Å². The van der Waals surface area contributed by atoms with Crippen molar-refractivity contribution < 1.29 is 0 Å². The first kappa shape index (κ1) is 14.1. The maximum Gasteiger partial charge on any atom is 0.114 e. The number of benzene rings is 2. The van der Waals surface area contributed by atoms with E-state index in [4.69, 9.17) is 10.7 Å². The average Bonchev–Trinajstić information content (AvgIpc) is 2.78. The molecule has 0 aliphatic heterocycles. The van der Waals surface area contributed by atoms with Gasteiger partial charge in [0.05, 0.1) is 11.0 Å². The molecule has 3 aromatic rings. The van der Waals surface area contributed by atoms with Crippen LogP contribution in [0.3, 0.4) is 0 Å². The summed E-state index contributed by atoms with van der Waals surface area (Å²) in [5, 5.41) is 0. The number of hydrogen-bond acceptors (Lipinski definition) is 2. The van der Waals surface area contributed by atoms with Crippen LogP contribution in [0.2, 0.25) is 0 Å². The summed E-state index contributed by atoms with van der Waals surface area (Å²) >= 11 is 3.51. The SMILES string of the molecule is CC(C)n1c(Cc2ccc(N)cc2)nc2cc(Br)ccc21. The summed E-state index contributed by atoms with van der Waals surface area (Å²) in [6.07, 6.45) is 0.810. The molecule has 2 aromatic carbocycles. The summed E-state index contributed by atoms with van der Waals surface area (Å²) in [5.41, 5.74) is 9.97. The van der Waals surface area contributed by atoms with Crippen molar-refractivity contribution in [3.05, 3.63) is 58.3 Å². The number of aromatic nitrogens is 2. The van der Waals surface area contributed by atoms with Crippen LogP contribution in [0.5, 0.6) is 0 Å². The quantitative estimate of drug-likeness (QED) is 0.708. The fourth-order valence-corrected chi connectivity index (χ4v) is 2.99. The van der Waals surface area contributed by atoms with E-state index in [1.807, 2.05) is 12.1 Å². The predicted octanol–water partition coefficient (Wildman–Crippen LogP) is 4.55. The van der Waals surface area contributed by atoms with Gasteiger partial charge in [-0.05, 0) is 49.7 Å². The fourth-order valence-electron chi connectivity index (χ4n) is 2.64. The molecule has 0 radical (unpaired) electrons. The van der Waals surface area contributed by atoms with Gasteiger partial charge in [0.15, 0.2) is 0 Å². The second-order valence-corrected chi connectivity index (χ2v) is 6.46. The first-order chi connectivity index (χ1) is 10.0. The van der Waals surface area contributed by atoms with Crippen LogP contribution in [0.25, 0.3) is 11.0 Å². The minimum atomic E-state index is 0.375. The zero-order valence-electron chi connectivity index (χ0n) is 12.2. The van der Waals surface area contributed by atoms with E-state index in [0.29, 0.717) is 6.04 Å². The van der Waals surface area contributed by atoms with Crippen LogP contribution in [0.1, 0.15) is 31.3 Å². The number of imidazole rings is 1. The van der Waals surface area contributed by atoms with E-state index in [1.54, 1.807) is 0 Å². The molecule has 0 aliphatic carbocycles. The van der Waals surface area contributed by atoms with Gasteiger partial charge in [0.1, 0.15) is 5.82 Å². The van der Waals surface area contributed by atoms with E-state index in [-0.39, 0.29) is 0 Å². The van der Waals surface area contributed by atoms with Crippen molar-refractivity contribution in [3.63, 3.8) is 0 Å². The van der Waals surface area contributed by atoms with Crippen LogP contribution in [0.15, 0.2) is 46.9 Å². The zero-order chi connectivity index (χ0) is 15.0. The Bertz CT molecular complexity index is 773. The number of nitrogens with zero attached hydrogens (tertiary/aromatic N) is 2. The smallest absolute Gasteiger partial charge is 0.114 e. The van der Waals surface area contributed by atoms with Crippen molar-refractivity contribution in [1.29, 1.82) is 0 Å². The van der Waals surface area contributed by atoms with Crippen LogP contribution < -0.4 is 5.73 Å². The lowest BCUT2D eigenvalue weighted by molar-refractivity contribution is 0.591. The number of anilines is 1. The van der Waals surface area contributed by atoms with Gasteiger partial charge in [0.2, 0.25) is 0 Å². The molecule has 0 spiro atoms. The number of fused-ring (bicyclic) bond motifs is 1. The monoisotopic (exact) mass is 343 g/mol. The first-order valence-electron chi connectivity index (χ1n) is 7.05. The second-order valence-electron chi connectivity index (χ2n) is 5.54. The molecule has 0 amide bonds. The van der Waals surface area contributed by atoms with Gasteiger partial charge in [0.25, 0.3) is 0 Å². The van der Waals surface area contributed by atoms with Crippen LogP contribution in [-0.4, -0.2) is 9.55 Å². The Balaban J connectivity index is 2.08. The van der Waals surface area contributed by atoms with E-state index in [2.05, 4.69) is 64.7 Å². The summed E-state index contributed by atoms with van der Waals surface area (Å²) in [5.74, 6) is 1.09. The number of hydrogen-bond donors (Lipinski definition) is 1. The van der Waals surface area contributed by atoms with Crippen molar-refractivity contribution in [3.8, 4) is 0 Å². The number of nitrogen functional groups attached to an aromatic ring is 1. The molecule has 1 aromatic heterocycles. The van der Waals surface area contributed by atoms with E-state index >= 15 is 0 Å². The Kier molecular flexibility index (Phi) is 3.72. The number of halogens is 1. The lowest BCUT2D eigenvalue weighted by Crippen LogP contribution is -2.07. The van der Waals surface area contributed by atoms with Gasteiger partial charge in [-0.3, -0.25) is 0 Å². The molecule has 108 valence electrons. The first-order valence-corrected chi connectivity index (χ1v) is 7.84. The molecule has 2 N–H and O–H groups in total. The average molecular weight is 344 g/mol. The predicted molar refractivity (Wildman–Crippen MR) is 91.5 cm³/mol. The highest BCUT2D eigenvalue weighted by Gasteiger charge is 2.13. The van der Waals surface area contributed by atoms with Gasteiger partial charge in [-0.2, -0.15) is 0 Å². The third-order valence-corrected chi connectivity index (χ3v) is 4.08. The highest BCUT2D eigenvalue weighted by molar-refractivity contribution is 9.10. The molecule has 0 atom stereocenters. The van der Waals surface area contributed by atoms with Gasteiger partial charge in [-0.25, -0.2) is 4.98 Å². The summed E-state index contributed by atoms with van der Waals surface area (Å²) in [7, 11) is 0. The lowest BCUT2D eigenvalue weighted by Gasteiger charge is -2.13. The highest BCUT2D eigenvalue weighted by atomic mass is 79.9. The summed E-state index contributed by atoms with van der Waals surface area (Å²) in [4.78, 5) is 4.81. The molecular formula is C17H18BrN3. The van der Waals surface area contributed by atoms with Gasteiger partial charge in [0, 0.05) is 22.6 Å². The minimum absolute atomic E-state index is 0.375. The van der Waals surface area contributed by atoms with E-state index < -0.39 is 0 Å². The molecule has 0 aliphatic rings. The van der Waals surface area contributed by atoms with Crippen molar-refractivity contribution in [2.24, 2.45) is 0 Å². The molecule has 21 heavy (non-hydrogen) atoms. The third-order valence-electron chi connectivity index (χ3n) is 3.58. The highest BCUT2D eigenvalue weighted by Crippen LogP contribution is 2.25. The topological polar surface area (TPSA) is 43.8 Å². The van der Waals surface area contributed by atoms with Crippen molar-refractivity contribution in [2.75, 3.05) is 5.73 Å². The van der Waals surface area contributed by atoms with Gasteiger partial charge in [-0.15, -0.1) is 0 Å². The van der Waals surface area contributed by atoms with Crippen LogP contribution >= 0.6 is 15.9 Å². The normalized spacial score (nSPS) is 11.4. The summed E-state index contributed by atoms with van der Waals surface area (Å²) in [6.45, 7) is 4.38. The Hall–Kier alpha value is -1.81. The molecule has 3 nitrogen and oxygen atoms in total. The zero-order valence-corrected chi connectivity index (χ0v) is 13.8. The van der Waals surface area contributed by atoms with Crippen molar-refractivity contribution in [1.82, 2.24) is 9.55 Å². The van der Waals surface area contributed by atoms with E-state index in [1.165, 1.54) is 11.1 Å². The molecule has 0 unspecified atom stereocenters. The summed E-state index contributed by atoms with van der Waals surface area (Å²) in [6, 6.07) is 14.6. The van der Waals surface area contributed by atoms with Crippen molar-refractivity contribution >= 4 is 32.7 Å². The third kappa shape index (κ3) is 2.81. The molecule has 0 saturated heterocycles. The number of nitrogens with two attached hydrogens (primary N) is 1. The van der Waals surface area contributed by atoms with E-state index in [0.717, 1.165) is 27.9 Å². The maximum absolute atomic E-state index is 5.75. The maximum atomic E-state index is 5.75. The van der Waals surface area contributed by atoms with Crippen LogP contribution in [0, 0.1) is 0 Å². The van der Waals surface area contributed by atoms with Crippen molar-refractivity contribution in [2.45, 2.75) is 26.3 Å². The van der Waals surface area contributed by atoms with Gasteiger partial charge < -0.3 is 10.3 Å². The molecular weight excluding hydrogens is 326 g/mol. The fraction of sp³-hybridized carbons (Fsp3) is 0.235. The molecule has 1 heterocycles. The van der Waals surface area contributed by atoms with Gasteiger partial charge in [-0.1, -0.05) is 28.1 Å². The Morgan fingerprint density at radius 1 is 1.14 bits per heavy atom. The Labute approximate surface area is 132 Å². The molecule has 0 bridgehead atoms. The standard InChI is InChI=1S/C17H18BrN3/c1-11(2)21-16-8-5-13(18)10-15(16)20-17(21)9-12-3-6-14(19)7-4-12/h3-8,10-11H,9,19H2,1-2H3. The van der Waals surface area contributed by atoms with Crippen LogP contribution in [0.4, 0.5) is 5.69 Å². The Morgan fingerprint density at radius 3 is 2.52 bits per heavy atom. The lowest BCUT2D eigenvalue weighted by atomic mass is 10.1. The largest absolute Gasteiger partial charge is 0.399 e. The molecule has 0 saturated carbocycles. The number of rotatable bonds is 3.